The summed E-state index contributed by atoms with van der Waals surface area (Å²) >= 11 is 0.803. The van der Waals surface area contributed by atoms with E-state index in [9.17, 15) is 10.1 Å². The number of nitrogens with two attached hydrogens (primary N) is 1. The van der Waals surface area contributed by atoms with Crippen molar-refractivity contribution in [3.05, 3.63) is 21.7 Å². The van der Waals surface area contributed by atoms with E-state index in [1.807, 2.05) is 0 Å². The standard InChI is InChI=1S/C5H3N3O2S/c6-2-3-1-4(8(9)10)11-5(3)7/h1H,7H2. The van der Waals surface area contributed by atoms with E-state index in [2.05, 4.69) is 0 Å². The van der Waals surface area contributed by atoms with Gasteiger partial charge in [0, 0.05) is 6.07 Å². The first-order valence-electron chi connectivity index (χ1n) is 2.59. The summed E-state index contributed by atoms with van der Waals surface area (Å²) in [6.45, 7) is 0. The molecule has 1 rings (SSSR count). The van der Waals surface area contributed by atoms with Gasteiger partial charge in [0.25, 0.3) is 0 Å². The number of nitrogens with zero attached hydrogens (tertiary/aromatic N) is 2. The Hall–Kier alpha value is -1.61. The van der Waals surface area contributed by atoms with Crippen LogP contribution in [0.5, 0.6) is 0 Å². The molecule has 0 fully saturated rings. The maximum absolute atomic E-state index is 10.1. The molecular formula is C5H3N3O2S. The number of nitrogen functional groups attached to an aromatic ring is 1. The average Bonchev–Trinajstić information content (AvgIpc) is 2.31. The fourth-order valence-electron chi connectivity index (χ4n) is 0.569. The van der Waals surface area contributed by atoms with E-state index in [0.29, 0.717) is 0 Å². The predicted octanol–water partition coefficient (Wildman–Crippen LogP) is 1.11. The topological polar surface area (TPSA) is 92.9 Å². The van der Waals surface area contributed by atoms with Crippen molar-refractivity contribution in [2.45, 2.75) is 0 Å². The van der Waals surface area contributed by atoms with Gasteiger partial charge in [-0.2, -0.15) is 5.26 Å². The molecule has 0 amide bonds. The molecule has 2 N–H and O–H groups in total. The molecule has 5 nitrogen and oxygen atoms in total. The van der Waals surface area contributed by atoms with E-state index in [1.54, 1.807) is 6.07 Å². The highest BCUT2D eigenvalue weighted by atomic mass is 32.1. The van der Waals surface area contributed by atoms with Gasteiger partial charge in [-0.05, 0) is 11.3 Å². The van der Waals surface area contributed by atoms with Crippen LogP contribution in [0.15, 0.2) is 6.07 Å². The molecule has 0 aliphatic rings. The molecule has 0 saturated heterocycles. The Kier molecular flexibility index (Phi) is 1.74. The van der Waals surface area contributed by atoms with Gasteiger partial charge < -0.3 is 5.73 Å². The molecule has 56 valence electrons. The maximum atomic E-state index is 10.1. The highest BCUT2D eigenvalue weighted by Gasteiger charge is 2.13. The van der Waals surface area contributed by atoms with Gasteiger partial charge in [-0.1, -0.05) is 0 Å². The number of nitro groups is 1. The number of hydrogen-bond acceptors (Lipinski definition) is 5. The Bertz CT molecular complexity index is 338. The highest BCUT2D eigenvalue weighted by molar-refractivity contribution is 7.19. The van der Waals surface area contributed by atoms with Crippen molar-refractivity contribution in [3.8, 4) is 6.07 Å². The maximum Gasteiger partial charge on any atom is 0.327 e. The molecule has 1 heterocycles. The summed E-state index contributed by atoms with van der Waals surface area (Å²) < 4.78 is 0. The molecule has 0 unspecified atom stereocenters. The fraction of sp³-hybridized carbons (Fsp3) is 0. The lowest BCUT2D eigenvalue weighted by Crippen LogP contribution is -1.81. The van der Waals surface area contributed by atoms with Gasteiger partial charge in [-0.15, -0.1) is 0 Å². The van der Waals surface area contributed by atoms with Crippen LogP contribution >= 0.6 is 11.3 Å². The van der Waals surface area contributed by atoms with Gasteiger partial charge in [0.05, 0.1) is 10.5 Å². The summed E-state index contributed by atoms with van der Waals surface area (Å²) in [7, 11) is 0. The molecule has 11 heavy (non-hydrogen) atoms. The van der Waals surface area contributed by atoms with Crippen molar-refractivity contribution in [2.24, 2.45) is 0 Å². The molecule has 0 aliphatic heterocycles. The second kappa shape index (κ2) is 2.56. The van der Waals surface area contributed by atoms with Gasteiger partial charge in [0.2, 0.25) is 0 Å². The van der Waals surface area contributed by atoms with Crippen molar-refractivity contribution >= 4 is 21.3 Å². The first-order valence-corrected chi connectivity index (χ1v) is 3.40. The summed E-state index contributed by atoms with van der Waals surface area (Å²) in [4.78, 5) is 9.57. The Morgan fingerprint density at radius 3 is 2.73 bits per heavy atom. The molecule has 0 bridgehead atoms. The normalized spacial score (nSPS) is 9.00. The third-order valence-electron chi connectivity index (χ3n) is 1.05. The first kappa shape index (κ1) is 7.50. The van der Waals surface area contributed by atoms with Gasteiger partial charge in [0.15, 0.2) is 0 Å². The molecule has 0 saturated carbocycles. The molecule has 0 aromatic carbocycles. The minimum Gasteiger partial charge on any atom is -0.389 e. The lowest BCUT2D eigenvalue weighted by atomic mass is 10.3. The van der Waals surface area contributed by atoms with Gasteiger partial charge >= 0.3 is 5.00 Å². The zero-order valence-corrected chi connectivity index (χ0v) is 6.09. The average molecular weight is 169 g/mol. The van der Waals surface area contributed by atoms with Crippen LogP contribution in [0.4, 0.5) is 10.0 Å². The van der Waals surface area contributed by atoms with Crippen molar-refractivity contribution in [3.63, 3.8) is 0 Å². The van der Waals surface area contributed by atoms with Gasteiger partial charge in [0.1, 0.15) is 11.1 Å². The number of anilines is 1. The quantitative estimate of drug-likeness (QED) is 0.503. The van der Waals surface area contributed by atoms with Crippen LogP contribution in [0.3, 0.4) is 0 Å². The van der Waals surface area contributed by atoms with Crippen LogP contribution in [0.1, 0.15) is 5.56 Å². The Balaban J connectivity index is 3.18. The highest BCUT2D eigenvalue weighted by Crippen LogP contribution is 2.29. The minimum atomic E-state index is -0.568. The van der Waals surface area contributed by atoms with Crippen LogP contribution in [0, 0.1) is 21.4 Å². The largest absolute Gasteiger partial charge is 0.389 e. The number of hydrogen-bond donors (Lipinski definition) is 1. The minimum absolute atomic E-state index is 0.0981. The van der Waals surface area contributed by atoms with Crippen LogP contribution in [0.25, 0.3) is 0 Å². The summed E-state index contributed by atoms with van der Waals surface area (Å²) in [6.07, 6.45) is 0. The van der Waals surface area contributed by atoms with Crippen LogP contribution in [-0.2, 0) is 0 Å². The zero-order chi connectivity index (χ0) is 8.43. The van der Waals surface area contributed by atoms with E-state index < -0.39 is 4.92 Å². The second-order valence-electron chi connectivity index (χ2n) is 1.73. The van der Waals surface area contributed by atoms with Gasteiger partial charge in [-0.25, -0.2) is 0 Å². The van der Waals surface area contributed by atoms with E-state index in [0.717, 1.165) is 11.3 Å². The zero-order valence-electron chi connectivity index (χ0n) is 5.27. The molecular weight excluding hydrogens is 166 g/mol. The summed E-state index contributed by atoms with van der Waals surface area (Å²) in [5.41, 5.74) is 5.45. The number of rotatable bonds is 1. The second-order valence-corrected chi connectivity index (χ2v) is 2.79. The molecule has 1 aromatic heterocycles. The smallest absolute Gasteiger partial charge is 0.327 e. The van der Waals surface area contributed by atoms with E-state index in [-0.39, 0.29) is 15.6 Å². The van der Waals surface area contributed by atoms with E-state index in [1.165, 1.54) is 6.07 Å². The molecule has 6 heteroatoms. The lowest BCUT2D eigenvalue weighted by Gasteiger charge is -1.78. The lowest BCUT2D eigenvalue weighted by molar-refractivity contribution is -0.380. The van der Waals surface area contributed by atoms with E-state index in [4.69, 9.17) is 11.0 Å². The Morgan fingerprint density at radius 2 is 2.45 bits per heavy atom. The van der Waals surface area contributed by atoms with Gasteiger partial charge in [-0.3, -0.25) is 10.1 Å². The molecule has 1 aromatic rings. The Labute approximate surface area is 65.8 Å². The van der Waals surface area contributed by atoms with Crippen LogP contribution in [-0.4, -0.2) is 4.92 Å². The Morgan fingerprint density at radius 1 is 1.82 bits per heavy atom. The van der Waals surface area contributed by atoms with Crippen molar-refractivity contribution in [1.29, 1.82) is 5.26 Å². The molecule has 0 spiro atoms. The van der Waals surface area contributed by atoms with Crippen molar-refractivity contribution in [1.82, 2.24) is 0 Å². The first-order chi connectivity index (χ1) is 5.15. The molecule has 0 atom stereocenters. The van der Waals surface area contributed by atoms with Crippen molar-refractivity contribution < 1.29 is 4.92 Å². The third kappa shape index (κ3) is 1.28. The predicted molar refractivity (Wildman–Crippen MR) is 40.1 cm³/mol. The third-order valence-corrected chi connectivity index (χ3v) is 1.96. The molecule has 0 aliphatic carbocycles. The molecule has 0 radical (unpaired) electrons. The van der Waals surface area contributed by atoms with Crippen molar-refractivity contribution in [2.75, 3.05) is 5.73 Å². The van der Waals surface area contributed by atoms with E-state index >= 15 is 0 Å². The number of thiophene rings is 1. The van der Waals surface area contributed by atoms with Crippen LogP contribution < -0.4 is 5.73 Å². The summed E-state index contributed by atoms with van der Waals surface area (Å²) in [5.74, 6) is 0. The summed E-state index contributed by atoms with van der Waals surface area (Å²) in [5, 5.41) is 18.6. The summed E-state index contributed by atoms with van der Waals surface area (Å²) in [6, 6.07) is 2.92. The fourth-order valence-corrected chi connectivity index (χ4v) is 1.26. The van der Waals surface area contributed by atoms with Crippen LogP contribution in [0.2, 0.25) is 0 Å². The SMILES string of the molecule is N#Cc1cc([N+](=O)[O-])sc1N. The monoisotopic (exact) mass is 169 g/mol. The number of nitriles is 1.